The lowest BCUT2D eigenvalue weighted by Crippen LogP contribution is -2.39. The fraction of sp³-hybridized carbons (Fsp3) is 0.190. The van der Waals surface area contributed by atoms with Crippen LogP contribution in [0.5, 0.6) is 0 Å². The Morgan fingerprint density at radius 3 is 2.46 bits per heavy atom. The van der Waals surface area contributed by atoms with Crippen LogP contribution in [0, 0.1) is 5.92 Å². The molecule has 0 spiro atoms. The van der Waals surface area contributed by atoms with Crippen LogP contribution < -0.4 is 4.90 Å². The standard InChI is InChI=1S/C21H19N3/c1-3-9-16(10-4-1)21-22-24-19-14-8-7-11-17(19)15-20(24)23(21)18-12-5-2-6-13-18/h1-10,12-14,17,20H,11,15H2. The lowest BCUT2D eigenvalue weighted by Gasteiger charge is -2.27. The van der Waals surface area contributed by atoms with Crippen LogP contribution in [0.15, 0.2) is 89.7 Å². The van der Waals surface area contributed by atoms with E-state index in [0.29, 0.717) is 5.92 Å². The van der Waals surface area contributed by atoms with Crippen molar-refractivity contribution < 1.29 is 0 Å². The summed E-state index contributed by atoms with van der Waals surface area (Å²) in [6.07, 6.45) is 9.18. The molecule has 118 valence electrons. The van der Waals surface area contributed by atoms with Gasteiger partial charge in [0.15, 0.2) is 5.84 Å². The van der Waals surface area contributed by atoms with E-state index in [-0.39, 0.29) is 6.17 Å². The number of para-hydroxylation sites is 1. The molecule has 5 rings (SSSR count). The zero-order valence-electron chi connectivity index (χ0n) is 13.4. The molecule has 1 saturated heterocycles. The van der Waals surface area contributed by atoms with Gasteiger partial charge in [0, 0.05) is 22.9 Å². The van der Waals surface area contributed by atoms with Crippen LogP contribution in [-0.2, 0) is 0 Å². The fourth-order valence-electron chi connectivity index (χ4n) is 3.97. The van der Waals surface area contributed by atoms with Crippen molar-refractivity contribution >= 4 is 11.5 Å². The zero-order chi connectivity index (χ0) is 15.9. The molecular weight excluding hydrogens is 294 g/mol. The molecule has 0 bridgehead atoms. The average molecular weight is 313 g/mol. The summed E-state index contributed by atoms with van der Waals surface area (Å²) in [5.41, 5.74) is 3.73. The maximum Gasteiger partial charge on any atom is 0.162 e. The van der Waals surface area contributed by atoms with E-state index >= 15 is 0 Å². The Morgan fingerprint density at radius 2 is 1.67 bits per heavy atom. The van der Waals surface area contributed by atoms with Gasteiger partial charge in [-0.05, 0) is 31.1 Å². The highest BCUT2D eigenvalue weighted by molar-refractivity contribution is 6.11. The van der Waals surface area contributed by atoms with Crippen molar-refractivity contribution in [2.45, 2.75) is 19.0 Å². The third-order valence-corrected chi connectivity index (χ3v) is 5.08. The first-order valence-corrected chi connectivity index (χ1v) is 8.56. The maximum absolute atomic E-state index is 5.04. The van der Waals surface area contributed by atoms with E-state index in [1.807, 2.05) is 0 Å². The quantitative estimate of drug-likeness (QED) is 0.820. The number of benzene rings is 2. The highest BCUT2D eigenvalue weighted by Gasteiger charge is 2.45. The van der Waals surface area contributed by atoms with E-state index in [2.05, 4.69) is 88.8 Å². The third-order valence-electron chi connectivity index (χ3n) is 5.08. The van der Waals surface area contributed by atoms with Crippen molar-refractivity contribution in [1.82, 2.24) is 5.01 Å². The molecule has 2 aromatic carbocycles. The highest BCUT2D eigenvalue weighted by Crippen LogP contribution is 2.44. The summed E-state index contributed by atoms with van der Waals surface area (Å²) in [5.74, 6) is 1.63. The SMILES string of the molecule is C1=CCC2CC3N(N=C(c4ccccc4)N3c3ccccc3)C2=C1. The number of nitrogens with zero attached hydrogens (tertiary/aromatic N) is 3. The lowest BCUT2D eigenvalue weighted by atomic mass is 9.96. The first-order valence-electron chi connectivity index (χ1n) is 8.56. The van der Waals surface area contributed by atoms with Gasteiger partial charge in [-0.1, -0.05) is 60.7 Å². The van der Waals surface area contributed by atoms with Gasteiger partial charge in [0.2, 0.25) is 0 Å². The fourth-order valence-corrected chi connectivity index (χ4v) is 3.97. The molecule has 2 unspecified atom stereocenters. The lowest BCUT2D eigenvalue weighted by molar-refractivity contribution is 0.343. The van der Waals surface area contributed by atoms with Crippen LogP contribution in [-0.4, -0.2) is 17.0 Å². The van der Waals surface area contributed by atoms with Gasteiger partial charge >= 0.3 is 0 Å². The van der Waals surface area contributed by atoms with Crippen LogP contribution in [0.3, 0.4) is 0 Å². The molecule has 2 aliphatic heterocycles. The summed E-state index contributed by atoms with van der Waals surface area (Å²) in [5, 5.41) is 7.28. The maximum atomic E-state index is 5.04. The number of anilines is 1. The highest BCUT2D eigenvalue weighted by atomic mass is 15.6. The van der Waals surface area contributed by atoms with E-state index in [1.165, 1.54) is 16.9 Å². The molecule has 3 aliphatic rings. The molecule has 0 aromatic heterocycles. The van der Waals surface area contributed by atoms with Crippen molar-refractivity contribution in [3.63, 3.8) is 0 Å². The molecule has 2 atom stereocenters. The molecule has 1 aliphatic carbocycles. The van der Waals surface area contributed by atoms with E-state index < -0.39 is 0 Å². The largest absolute Gasteiger partial charge is 0.302 e. The van der Waals surface area contributed by atoms with E-state index in [1.54, 1.807) is 0 Å². The van der Waals surface area contributed by atoms with Crippen molar-refractivity contribution in [3.05, 3.63) is 90.2 Å². The van der Waals surface area contributed by atoms with Gasteiger partial charge in [0.25, 0.3) is 0 Å². The Labute approximate surface area is 142 Å². The molecule has 0 amide bonds. The Bertz CT molecular complexity index is 836. The average Bonchev–Trinajstić information content (AvgIpc) is 3.19. The van der Waals surface area contributed by atoms with Crippen LogP contribution >= 0.6 is 0 Å². The zero-order valence-corrected chi connectivity index (χ0v) is 13.4. The van der Waals surface area contributed by atoms with Crippen LogP contribution in [0.2, 0.25) is 0 Å². The second kappa shape index (κ2) is 5.38. The molecule has 24 heavy (non-hydrogen) atoms. The molecule has 2 aromatic rings. The topological polar surface area (TPSA) is 18.8 Å². The Hall–Kier alpha value is -2.81. The predicted molar refractivity (Wildman–Crippen MR) is 97.5 cm³/mol. The minimum absolute atomic E-state index is 0.277. The predicted octanol–water partition coefficient (Wildman–Crippen LogP) is 4.36. The van der Waals surface area contributed by atoms with Crippen molar-refractivity contribution in [2.24, 2.45) is 11.0 Å². The van der Waals surface area contributed by atoms with Gasteiger partial charge in [0.1, 0.15) is 6.17 Å². The van der Waals surface area contributed by atoms with Crippen LogP contribution in [0.1, 0.15) is 18.4 Å². The van der Waals surface area contributed by atoms with Gasteiger partial charge in [-0.3, -0.25) is 0 Å². The first-order chi connectivity index (χ1) is 11.9. The number of allylic oxidation sites excluding steroid dienone is 4. The number of amidine groups is 1. The summed E-state index contributed by atoms with van der Waals surface area (Å²) in [7, 11) is 0. The molecule has 2 heterocycles. The van der Waals surface area contributed by atoms with Crippen molar-refractivity contribution in [2.75, 3.05) is 4.90 Å². The van der Waals surface area contributed by atoms with Gasteiger partial charge in [0.05, 0.1) is 0 Å². The van der Waals surface area contributed by atoms with Gasteiger partial charge in [-0.2, -0.15) is 5.10 Å². The van der Waals surface area contributed by atoms with Gasteiger partial charge < -0.3 is 4.90 Å². The number of hydrogen-bond acceptors (Lipinski definition) is 3. The minimum atomic E-state index is 0.277. The van der Waals surface area contributed by atoms with Gasteiger partial charge in [-0.25, -0.2) is 5.01 Å². The van der Waals surface area contributed by atoms with Crippen LogP contribution in [0.25, 0.3) is 0 Å². The Morgan fingerprint density at radius 1 is 0.917 bits per heavy atom. The third kappa shape index (κ3) is 2.01. The molecule has 0 saturated carbocycles. The summed E-state index contributed by atoms with van der Waals surface area (Å²) in [4.78, 5) is 2.40. The van der Waals surface area contributed by atoms with Gasteiger partial charge in [-0.15, -0.1) is 0 Å². The summed E-state index contributed by atoms with van der Waals surface area (Å²) in [6.45, 7) is 0. The minimum Gasteiger partial charge on any atom is -0.302 e. The van der Waals surface area contributed by atoms with Crippen molar-refractivity contribution in [3.8, 4) is 0 Å². The number of fused-ring (bicyclic) bond motifs is 3. The smallest absolute Gasteiger partial charge is 0.162 e. The number of hydrazone groups is 1. The molecule has 3 heteroatoms. The van der Waals surface area contributed by atoms with Crippen molar-refractivity contribution in [1.29, 1.82) is 0 Å². The molecule has 0 N–H and O–H groups in total. The second-order valence-electron chi connectivity index (χ2n) is 6.51. The summed E-state index contributed by atoms with van der Waals surface area (Å²) in [6, 6.07) is 21.1. The van der Waals surface area contributed by atoms with E-state index in [0.717, 1.165) is 18.7 Å². The van der Waals surface area contributed by atoms with Crippen LogP contribution in [0.4, 0.5) is 5.69 Å². The molecular formula is C21H19N3. The number of rotatable bonds is 2. The number of hydrogen-bond donors (Lipinski definition) is 0. The Kier molecular flexibility index (Phi) is 3.05. The molecule has 1 fully saturated rings. The summed E-state index contributed by atoms with van der Waals surface area (Å²) >= 11 is 0. The molecule has 3 nitrogen and oxygen atoms in total. The first kappa shape index (κ1) is 13.6. The van der Waals surface area contributed by atoms with E-state index in [9.17, 15) is 0 Å². The molecule has 0 radical (unpaired) electrons. The normalized spacial score (nSPS) is 24.5. The van der Waals surface area contributed by atoms with E-state index in [4.69, 9.17) is 5.10 Å². The second-order valence-corrected chi connectivity index (χ2v) is 6.51. The summed E-state index contributed by atoms with van der Waals surface area (Å²) < 4.78 is 0. The Balaban J connectivity index is 1.63. The monoisotopic (exact) mass is 313 g/mol.